The Kier molecular flexibility index (Phi) is 5.03. The number of carbonyl (C=O) groups is 1. The number of halogens is 1. The molecule has 0 bridgehead atoms. The highest BCUT2D eigenvalue weighted by molar-refractivity contribution is 7.89. The Hall–Kier alpha value is -1.31. The molecule has 3 rings (SSSR count). The summed E-state index contributed by atoms with van der Waals surface area (Å²) >= 11 is 6.22. The molecule has 1 aliphatic carbocycles. The van der Waals surface area contributed by atoms with E-state index in [2.05, 4.69) is 4.72 Å². The van der Waals surface area contributed by atoms with Crippen LogP contribution in [0, 0.1) is 0 Å². The third-order valence-corrected chi connectivity index (χ3v) is 6.46. The molecule has 0 unspecified atom stereocenters. The van der Waals surface area contributed by atoms with Gasteiger partial charge in [0.2, 0.25) is 15.9 Å². The summed E-state index contributed by atoms with van der Waals surface area (Å²) in [5.74, 6) is 0.233. The van der Waals surface area contributed by atoms with Gasteiger partial charge in [0, 0.05) is 19.0 Å². The van der Waals surface area contributed by atoms with E-state index in [1.807, 2.05) is 0 Å². The molecule has 1 aromatic carbocycles. The summed E-state index contributed by atoms with van der Waals surface area (Å²) in [6, 6.07) is 2.86. The minimum atomic E-state index is -3.73. The molecule has 0 atom stereocenters. The molecule has 132 valence electrons. The van der Waals surface area contributed by atoms with Gasteiger partial charge in [-0.2, -0.15) is 0 Å². The topological polar surface area (TPSA) is 75.7 Å². The first-order chi connectivity index (χ1) is 11.4. The largest absolute Gasteiger partial charge is 0.489 e. The van der Waals surface area contributed by atoms with Crippen LogP contribution in [0.1, 0.15) is 39.0 Å². The van der Waals surface area contributed by atoms with Crippen molar-refractivity contribution in [2.45, 2.75) is 50.0 Å². The number of sulfonamides is 1. The van der Waals surface area contributed by atoms with Crippen molar-refractivity contribution >= 4 is 33.2 Å². The highest BCUT2D eigenvalue weighted by atomic mass is 35.5. The Morgan fingerprint density at radius 2 is 2.00 bits per heavy atom. The fraction of sp³-hybridized carbons (Fsp3) is 0.562. The van der Waals surface area contributed by atoms with Crippen LogP contribution in [0.25, 0.3) is 0 Å². The summed E-state index contributed by atoms with van der Waals surface area (Å²) in [4.78, 5) is 13.3. The van der Waals surface area contributed by atoms with Crippen molar-refractivity contribution in [2.24, 2.45) is 0 Å². The van der Waals surface area contributed by atoms with E-state index in [-0.39, 0.29) is 21.9 Å². The number of rotatable bonds is 3. The molecule has 1 N–H and O–H groups in total. The molecule has 2 aliphatic rings. The Morgan fingerprint density at radius 3 is 2.67 bits per heavy atom. The summed E-state index contributed by atoms with van der Waals surface area (Å²) in [5, 5.41) is 0.0915. The van der Waals surface area contributed by atoms with Crippen molar-refractivity contribution in [1.82, 2.24) is 4.72 Å². The lowest BCUT2D eigenvalue weighted by molar-refractivity contribution is -0.116. The van der Waals surface area contributed by atoms with Crippen LogP contribution in [0.15, 0.2) is 17.0 Å². The second-order valence-electron chi connectivity index (χ2n) is 6.23. The molecule has 6 nitrogen and oxygen atoms in total. The first-order valence-electron chi connectivity index (χ1n) is 8.15. The molecule has 1 heterocycles. The molecule has 0 spiro atoms. The second-order valence-corrected chi connectivity index (χ2v) is 8.32. The third kappa shape index (κ3) is 3.53. The van der Waals surface area contributed by atoms with E-state index in [9.17, 15) is 13.2 Å². The molecule has 1 aliphatic heterocycles. The molecule has 1 aromatic rings. The van der Waals surface area contributed by atoms with Crippen LogP contribution in [0.5, 0.6) is 5.75 Å². The highest BCUT2D eigenvalue weighted by Gasteiger charge is 2.28. The van der Waals surface area contributed by atoms with Gasteiger partial charge < -0.3 is 9.64 Å². The summed E-state index contributed by atoms with van der Waals surface area (Å²) < 4.78 is 33.7. The van der Waals surface area contributed by atoms with Gasteiger partial charge in [-0.1, -0.05) is 30.9 Å². The molecule has 0 radical (unpaired) electrons. The molecular weight excluding hydrogens is 352 g/mol. The number of fused-ring (bicyclic) bond motifs is 1. The molecule has 0 aromatic heterocycles. The van der Waals surface area contributed by atoms with Crippen LogP contribution in [-0.2, 0) is 14.8 Å². The van der Waals surface area contributed by atoms with Crippen molar-refractivity contribution in [2.75, 3.05) is 18.1 Å². The maximum atomic E-state index is 12.7. The van der Waals surface area contributed by atoms with Crippen LogP contribution in [-0.4, -0.2) is 33.5 Å². The summed E-state index contributed by atoms with van der Waals surface area (Å²) in [6.45, 7) is 2.20. The smallest absolute Gasteiger partial charge is 0.242 e. The number of ether oxygens (including phenoxy) is 1. The van der Waals surface area contributed by atoms with E-state index >= 15 is 0 Å². The van der Waals surface area contributed by atoms with Gasteiger partial charge in [0.1, 0.15) is 17.3 Å². The van der Waals surface area contributed by atoms with Gasteiger partial charge in [-0.05, 0) is 18.9 Å². The van der Waals surface area contributed by atoms with Gasteiger partial charge in [-0.3, -0.25) is 4.79 Å². The normalized spacial score (nSPS) is 18.8. The van der Waals surface area contributed by atoms with E-state index < -0.39 is 10.0 Å². The monoisotopic (exact) mass is 372 g/mol. The molecule has 0 saturated heterocycles. The molecule has 1 fully saturated rings. The standard InChI is InChI=1S/C16H21ClN2O4S/c1-11(20)19-7-8-23-15-10-16(13(17)9-14(15)19)24(21,22)18-12-5-3-2-4-6-12/h9-10,12,18H,2-8H2,1H3. The molecule has 8 heteroatoms. The number of nitrogens with zero attached hydrogens (tertiary/aromatic N) is 1. The van der Waals surface area contributed by atoms with Gasteiger partial charge in [-0.25, -0.2) is 13.1 Å². The van der Waals surface area contributed by atoms with Crippen molar-refractivity contribution in [3.8, 4) is 5.75 Å². The number of anilines is 1. The zero-order valence-electron chi connectivity index (χ0n) is 13.5. The van der Waals surface area contributed by atoms with Crippen LogP contribution >= 0.6 is 11.6 Å². The van der Waals surface area contributed by atoms with Crippen molar-refractivity contribution in [3.63, 3.8) is 0 Å². The van der Waals surface area contributed by atoms with Crippen LogP contribution in [0.3, 0.4) is 0 Å². The van der Waals surface area contributed by atoms with Crippen LogP contribution < -0.4 is 14.4 Å². The first kappa shape index (κ1) is 17.5. The van der Waals surface area contributed by atoms with E-state index in [4.69, 9.17) is 16.3 Å². The average Bonchev–Trinajstić information content (AvgIpc) is 2.54. The second kappa shape index (κ2) is 6.90. The molecular formula is C16H21ClN2O4S. The lowest BCUT2D eigenvalue weighted by Crippen LogP contribution is -2.37. The predicted molar refractivity (Wildman–Crippen MR) is 92.2 cm³/mol. The summed E-state index contributed by atoms with van der Waals surface area (Å²) in [5.41, 5.74) is 0.510. The summed E-state index contributed by atoms with van der Waals surface area (Å²) in [7, 11) is -3.73. The Labute approximate surface area is 147 Å². The number of carbonyl (C=O) groups excluding carboxylic acids is 1. The van der Waals surface area contributed by atoms with Gasteiger partial charge >= 0.3 is 0 Å². The zero-order chi connectivity index (χ0) is 17.3. The van der Waals surface area contributed by atoms with Crippen LogP contribution in [0.2, 0.25) is 5.02 Å². The molecule has 1 amide bonds. The number of benzene rings is 1. The lowest BCUT2D eigenvalue weighted by Gasteiger charge is -2.29. The Balaban J connectivity index is 1.92. The number of nitrogens with one attached hydrogen (secondary N) is 1. The fourth-order valence-electron chi connectivity index (χ4n) is 3.25. The Bertz CT molecular complexity index is 745. The van der Waals surface area contributed by atoms with Crippen LogP contribution in [0.4, 0.5) is 5.69 Å². The average molecular weight is 373 g/mol. The quantitative estimate of drug-likeness (QED) is 0.885. The number of hydrogen-bond acceptors (Lipinski definition) is 4. The van der Waals surface area contributed by atoms with E-state index in [1.54, 1.807) is 0 Å². The summed E-state index contributed by atoms with van der Waals surface area (Å²) in [6.07, 6.45) is 4.89. The van der Waals surface area contributed by atoms with Crippen molar-refractivity contribution < 1.29 is 17.9 Å². The lowest BCUT2D eigenvalue weighted by atomic mass is 9.96. The van der Waals surface area contributed by atoms with E-state index in [0.717, 1.165) is 32.1 Å². The van der Waals surface area contributed by atoms with E-state index in [1.165, 1.54) is 24.0 Å². The molecule has 24 heavy (non-hydrogen) atoms. The first-order valence-corrected chi connectivity index (χ1v) is 10.0. The predicted octanol–water partition coefficient (Wildman–Crippen LogP) is 2.70. The van der Waals surface area contributed by atoms with Crippen molar-refractivity contribution in [1.29, 1.82) is 0 Å². The zero-order valence-corrected chi connectivity index (χ0v) is 15.1. The maximum Gasteiger partial charge on any atom is 0.242 e. The minimum absolute atomic E-state index is 0.00103. The van der Waals surface area contributed by atoms with Gasteiger partial charge in [-0.15, -0.1) is 0 Å². The SMILES string of the molecule is CC(=O)N1CCOc2cc(S(=O)(=O)NC3CCCCC3)c(Cl)cc21. The van der Waals surface area contributed by atoms with Gasteiger partial charge in [0.15, 0.2) is 0 Å². The third-order valence-electron chi connectivity index (χ3n) is 4.47. The number of hydrogen-bond donors (Lipinski definition) is 1. The Morgan fingerprint density at radius 1 is 1.29 bits per heavy atom. The van der Waals surface area contributed by atoms with Gasteiger partial charge in [0.25, 0.3) is 0 Å². The minimum Gasteiger partial charge on any atom is -0.489 e. The number of amides is 1. The van der Waals surface area contributed by atoms with Gasteiger partial charge in [0.05, 0.1) is 17.3 Å². The van der Waals surface area contributed by atoms with E-state index in [0.29, 0.717) is 24.6 Å². The highest BCUT2D eigenvalue weighted by Crippen LogP contribution is 2.38. The maximum absolute atomic E-state index is 12.7. The molecule has 1 saturated carbocycles. The van der Waals surface area contributed by atoms with Crippen molar-refractivity contribution in [3.05, 3.63) is 17.2 Å². The fourth-order valence-corrected chi connectivity index (χ4v) is 5.10.